The maximum atomic E-state index is 13.4. The zero-order chi connectivity index (χ0) is 24.3. The van der Waals surface area contributed by atoms with Crippen molar-refractivity contribution in [1.82, 2.24) is 9.80 Å². The Bertz CT molecular complexity index is 1060. The van der Waals surface area contributed by atoms with Gasteiger partial charge in [-0.3, -0.25) is 4.79 Å². The monoisotopic (exact) mass is 487 g/mol. The number of nitrogens with one attached hydrogen (secondary N) is 1. The van der Waals surface area contributed by atoms with Gasteiger partial charge >= 0.3 is 6.03 Å². The first-order valence-electron chi connectivity index (χ1n) is 10.8. The molecule has 0 saturated carbocycles. The molecule has 0 unspecified atom stereocenters. The van der Waals surface area contributed by atoms with Crippen molar-refractivity contribution in [1.29, 1.82) is 0 Å². The number of ether oxygens (including phenoxy) is 1. The molecule has 0 aliphatic carbocycles. The van der Waals surface area contributed by atoms with Crippen molar-refractivity contribution in [3.8, 4) is 0 Å². The van der Waals surface area contributed by atoms with Crippen LogP contribution in [0.5, 0.6) is 0 Å². The first-order chi connectivity index (χ1) is 16.5. The predicted molar refractivity (Wildman–Crippen MR) is 128 cm³/mol. The number of carbonyl (C=O) groups is 2. The largest absolute Gasteiger partial charge is 0.467 e. The summed E-state index contributed by atoms with van der Waals surface area (Å²) in [5.74, 6) is -0.177. The van der Waals surface area contributed by atoms with Gasteiger partial charge in [0.05, 0.1) is 24.4 Å². The molecule has 0 saturated heterocycles. The van der Waals surface area contributed by atoms with E-state index >= 15 is 0 Å². The first-order valence-corrected chi connectivity index (χ1v) is 11.2. The second-order valence-corrected chi connectivity index (χ2v) is 8.01. The molecule has 2 aromatic carbocycles. The average molecular weight is 488 g/mol. The molecule has 0 bridgehead atoms. The molecule has 1 N–H and O–H groups in total. The van der Waals surface area contributed by atoms with Gasteiger partial charge in [-0.05, 0) is 42.3 Å². The SMILES string of the molecule is COCCN(CC(=O)N(CCc1ccccc1)Cc1ccco1)C(=O)Nc1ccc(F)c(Cl)c1. The number of carbonyl (C=O) groups excluding carboxylic acids is 2. The molecule has 1 aromatic heterocycles. The Morgan fingerprint density at radius 1 is 1.06 bits per heavy atom. The van der Waals surface area contributed by atoms with Gasteiger partial charge in [-0.1, -0.05) is 41.9 Å². The van der Waals surface area contributed by atoms with Gasteiger partial charge in [-0.15, -0.1) is 0 Å². The Hall–Kier alpha value is -3.36. The average Bonchev–Trinajstić information content (AvgIpc) is 3.35. The van der Waals surface area contributed by atoms with E-state index in [4.69, 9.17) is 20.8 Å². The van der Waals surface area contributed by atoms with E-state index in [1.54, 1.807) is 23.3 Å². The number of furan rings is 1. The molecule has 0 radical (unpaired) electrons. The van der Waals surface area contributed by atoms with E-state index in [1.807, 2.05) is 30.3 Å². The summed E-state index contributed by atoms with van der Waals surface area (Å²) in [6.45, 7) is 1.01. The molecular formula is C25H27ClFN3O4. The summed E-state index contributed by atoms with van der Waals surface area (Å²) in [5, 5.41) is 2.55. The minimum atomic E-state index is -0.585. The van der Waals surface area contributed by atoms with Crippen LogP contribution in [0.2, 0.25) is 5.02 Å². The van der Waals surface area contributed by atoms with Gasteiger partial charge in [0.1, 0.15) is 18.1 Å². The molecule has 0 spiro atoms. The zero-order valence-corrected chi connectivity index (χ0v) is 19.6. The third kappa shape index (κ3) is 7.60. The minimum Gasteiger partial charge on any atom is -0.467 e. The summed E-state index contributed by atoms with van der Waals surface area (Å²) in [7, 11) is 1.51. The van der Waals surface area contributed by atoms with Crippen molar-refractivity contribution in [2.45, 2.75) is 13.0 Å². The predicted octanol–water partition coefficient (Wildman–Crippen LogP) is 4.82. The molecule has 3 aromatic rings. The molecule has 3 amide bonds. The van der Waals surface area contributed by atoms with E-state index in [2.05, 4.69) is 5.32 Å². The molecule has 0 aliphatic rings. The zero-order valence-electron chi connectivity index (χ0n) is 18.9. The molecule has 180 valence electrons. The van der Waals surface area contributed by atoms with Crippen molar-refractivity contribution in [2.24, 2.45) is 0 Å². The number of halogens is 2. The van der Waals surface area contributed by atoms with Crippen LogP contribution in [-0.4, -0.2) is 55.1 Å². The normalized spacial score (nSPS) is 10.7. The minimum absolute atomic E-state index is 0.108. The number of hydrogen-bond donors (Lipinski definition) is 1. The van der Waals surface area contributed by atoms with Gasteiger partial charge in [0.2, 0.25) is 5.91 Å². The van der Waals surface area contributed by atoms with Gasteiger partial charge < -0.3 is 24.3 Å². The number of hydrogen-bond acceptors (Lipinski definition) is 4. The van der Waals surface area contributed by atoms with Crippen molar-refractivity contribution in [3.63, 3.8) is 0 Å². The van der Waals surface area contributed by atoms with E-state index in [0.29, 0.717) is 24.4 Å². The Morgan fingerprint density at radius 2 is 1.85 bits per heavy atom. The van der Waals surface area contributed by atoms with Crippen LogP contribution < -0.4 is 5.32 Å². The van der Waals surface area contributed by atoms with E-state index in [-0.39, 0.29) is 37.2 Å². The van der Waals surface area contributed by atoms with Crippen LogP contribution in [0.3, 0.4) is 0 Å². The van der Waals surface area contributed by atoms with Crippen LogP contribution in [0.25, 0.3) is 0 Å². The fourth-order valence-corrected chi connectivity index (χ4v) is 3.47. The van der Waals surface area contributed by atoms with Crippen molar-refractivity contribution < 1.29 is 23.1 Å². The fourth-order valence-electron chi connectivity index (χ4n) is 3.28. The number of benzene rings is 2. The van der Waals surface area contributed by atoms with Crippen LogP contribution in [0, 0.1) is 5.82 Å². The molecule has 7 nitrogen and oxygen atoms in total. The molecule has 1 heterocycles. The Balaban J connectivity index is 1.70. The van der Waals surface area contributed by atoms with Gasteiger partial charge in [-0.2, -0.15) is 0 Å². The second-order valence-electron chi connectivity index (χ2n) is 7.60. The van der Waals surface area contributed by atoms with Gasteiger partial charge in [0.25, 0.3) is 0 Å². The summed E-state index contributed by atoms with van der Waals surface area (Å²) >= 11 is 5.81. The molecule has 0 fully saturated rings. The summed E-state index contributed by atoms with van der Waals surface area (Å²) in [5.41, 5.74) is 1.42. The van der Waals surface area contributed by atoms with Crippen LogP contribution in [-0.2, 0) is 22.5 Å². The van der Waals surface area contributed by atoms with E-state index in [1.165, 1.54) is 24.1 Å². The van der Waals surface area contributed by atoms with Gasteiger partial charge in [0.15, 0.2) is 0 Å². The van der Waals surface area contributed by atoms with Crippen LogP contribution in [0.15, 0.2) is 71.3 Å². The molecule has 0 aliphatic heterocycles. The van der Waals surface area contributed by atoms with Crippen molar-refractivity contribution in [3.05, 3.63) is 89.1 Å². The third-order valence-electron chi connectivity index (χ3n) is 5.14. The smallest absolute Gasteiger partial charge is 0.322 e. The highest BCUT2D eigenvalue weighted by molar-refractivity contribution is 6.31. The molecule has 34 heavy (non-hydrogen) atoms. The van der Waals surface area contributed by atoms with E-state index in [0.717, 1.165) is 11.6 Å². The highest BCUT2D eigenvalue weighted by Crippen LogP contribution is 2.19. The maximum absolute atomic E-state index is 13.4. The third-order valence-corrected chi connectivity index (χ3v) is 5.43. The highest BCUT2D eigenvalue weighted by Gasteiger charge is 2.22. The molecular weight excluding hydrogens is 461 g/mol. The Morgan fingerprint density at radius 3 is 2.53 bits per heavy atom. The Kier molecular flexibility index (Phi) is 9.49. The quantitative estimate of drug-likeness (QED) is 0.420. The van der Waals surface area contributed by atoms with Crippen LogP contribution in [0.1, 0.15) is 11.3 Å². The van der Waals surface area contributed by atoms with Crippen molar-refractivity contribution >= 4 is 29.2 Å². The number of nitrogens with zero attached hydrogens (tertiary/aromatic N) is 2. The number of amides is 3. The van der Waals surface area contributed by atoms with Gasteiger partial charge in [0, 0.05) is 25.9 Å². The van der Waals surface area contributed by atoms with E-state index in [9.17, 15) is 14.0 Å². The molecule has 0 atom stereocenters. The summed E-state index contributed by atoms with van der Waals surface area (Å²) in [6.07, 6.45) is 2.22. The number of rotatable bonds is 11. The molecule has 3 rings (SSSR count). The lowest BCUT2D eigenvalue weighted by atomic mass is 10.1. The van der Waals surface area contributed by atoms with Crippen LogP contribution >= 0.6 is 11.6 Å². The molecule has 9 heteroatoms. The fraction of sp³-hybridized carbons (Fsp3) is 0.280. The highest BCUT2D eigenvalue weighted by atomic mass is 35.5. The standard InChI is InChI=1S/C25H27ClFN3O4/c1-33-15-13-30(25(32)28-20-9-10-23(27)22(26)16-20)18-24(31)29(17-21-8-5-14-34-21)12-11-19-6-3-2-4-7-19/h2-10,14,16H,11-13,15,17-18H2,1H3,(H,28,32). The summed E-state index contributed by atoms with van der Waals surface area (Å²) in [4.78, 5) is 29.2. The van der Waals surface area contributed by atoms with Gasteiger partial charge in [-0.25, -0.2) is 9.18 Å². The number of urea groups is 1. The summed E-state index contributed by atoms with van der Waals surface area (Å²) in [6, 6.07) is 16.8. The topological polar surface area (TPSA) is 75.0 Å². The Labute approximate surface area is 203 Å². The van der Waals surface area contributed by atoms with Crippen molar-refractivity contribution in [2.75, 3.05) is 38.7 Å². The first kappa shape index (κ1) is 25.3. The van der Waals surface area contributed by atoms with E-state index < -0.39 is 11.8 Å². The maximum Gasteiger partial charge on any atom is 0.322 e. The van der Waals surface area contributed by atoms with Crippen LogP contribution in [0.4, 0.5) is 14.9 Å². The number of methoxy groups -OCH3 is 1. The number of anilines is 1. The lowest BCUT2D eigenvalue weighted by Gasteiger charge is -2.27. The lowest BCUT2D eigenvalue weighted by molar-refractivity contribution is -0.132. The second kappa shape index (κ2) is 12.8. The lowest BCUT2D eigenvalue weighted by Crippen LogP contribution is -2.46. The summed E-state index contributed by atoms with van der Waals surface area (Å²) < 4.78 is 24.0.